The molecule has 2 aromatic carbocycles. The Morgan fingerprint density at radius 3 is 2.62 bits per heavy atom. The summed E-state index contributed by atoms with van der Waals surface area (Å²) in [5.41, 5.74) is 1.90. The minimum atomic E-state index is -0.571. The van der Waals surface area contributed by atoms with Gasteiger partial charge in [-0.25, -0.2) is 4.39 Å². The Balaban J connectivity index is 1.70. The molecule has 3 atom stereocenters. The van der Waals surface area contributed by atoms with Crippen LogP contribution in [-0.2, 0) is 9.59 Å². The predicted octanol–water partition coefficient (Wildman–Crippen LogP) is 4.99. The van der Waals surface area contributed by atoms with Gasteiger partial charge in [0.25, 0.3) is 0 Å². The molecule has 2 amide bonds. The summed E-state index contributed by atoms with van der Waals surface area (Å²) < 4.78 is 14.4. The van der Waals surface area contributed by atoms with Crippen LogP contribution in [0.5, 0.6) is 0 Å². The van der Waals surface area contributed by atoms with Crippen LogP contribution >= 0.6 is 23.2 Å². The number of carbonyl (C=O) groups is 2. The highest BCUT2D eigenvalue weighted by Crippen LogP contribution is 2.44. The summed E-state index contributed by atoms with van der Waals surface area (Å²) in [5, 5.41) is 9.66. The third-order valence-electron chi connectivity index (χ3n) is 6.52. The van der Waals surface area contributed by atoms with Crippen molar-refractivity contribution in [1.29, 1.82) is 0 Å². The Labute approximate surface area is 197 Å². The van der Waals surface area contributed by atoms with Gasteiger partial charge in [0.15, 0.2) is 0 Å². The fourth-order valence-corrected chi connectivity index (χ4v) is 5.40. The number of hydrogen-bond acceptors (Lipinski definition) is 3. The Hall–Kier alpha value is -2.15. The zero-order valence-corrected chi connectivity index (χ0v) is 19.1. The van der Waals surface area contributed by atoms with Gasteiger partial charge in [-0.1, -0.05) is 54.6 Å². The molecule has 1 saturated heterocycles. The van der Waals surface area contributed by atoms with E-state index in [1.165, 1.54) is 18.6 Å². The average molecular weight is 478 g/mol. The van der Waals surface area contributed by atoms with Crippen LogP contribution in [-0.4, -0.2) is 30.9 Å². The number of amides is 2. The molecular formula is C24H26Cl2FN3O2. The van der Waals surface area contributed by atoms with Crippen molar-refractivity contribution in [3.05, 3.63) is 63.4 Å². The van der Waals surface area contributed by atoms with Crippen molar-refractivity contribution in [2.75, 3.05) is 11.9 Å². The monoisotopic (exact) mass is 477 g/mol. The van der Waals surface area contributed by atoms with Crippen molar-refractivity contribution < 1.29 is 14.0 Å². The number of carbonyl (C=O) groups excluding carboxylic acids is 2. The third-order valence-corrected chi connectivity index (χ3v) is 7.05. The maximum atomic E-state index is 14.4. The first-order valence-electron chi connectivity index (χ1n) is 11.0. The summed E-state index contributed by atoms with van der Waals surface area (Å²) in [6.07, 6.45) is 5.95. The number of nitrogens with one attached hydrogen (secondary N) is 3. The maximum absolute atomic E-state index is 14.4. The van der Waals surface area contributed by atoms with Gasteiger partial charge in [-0.15, -0.1) is 0 Å². The predicted molar refractivity (Wildman–Crippen MR) is 125 cm³/mol. The molecule has 2 unspecified atom stereocenters. The minimum absolute atomic E-state index is 0.0660. The van der Waals surface area contributed by atoms with E-state index >= 15 is 0 Å². The highest BCUT2D eigenvalue weighted by Gasteiger charge is 2.43. The summed E-state index contributed by atoms with van der Waals surface area (Å²) in [6, 6.07) is 9.81. The van der Waals surface area contributed by atoms with Gasteiger partial charge in [0.05, 0.1) is 11.1 Å². The maximum Gasteiger partial charge on any atom is 0.238 e. The minimum Gasteiger partial charge on any atom is -0.352 e. The zero-order chi connectivity index (χ0) is 22.7. The van der Waals surface area contributed by atoms with Crippen molar-refractivity contribution in [3.63, 3.8) is 0 Å². The lowest BCUT2D eigenvalue weighted by molar-refractivity contribution is -0.124. The van der Waals surface area contributed by atoms with Gasteiger partial charge < -0.3 is 16.0 Å². The molecule has 0 aromatic heterocycles. The first-order chi connectivity index (χ1) is 15.5. The fraction of sp³-hybridized carbons (Fsp3) is 0.417. The Morgan fingerprint density at radius 1 is 1.12 bits per heavy atom. The van der Waals surface area contributed by atoms with Gasteiger partial charge in [-0.3, -0.25) is 9.59 Å². The van der Waals surface area contributed by atoms with E-state index in [0.717, 1.165) is 31.2 Å². The average Bonchev–Trinajstić information content (AvgIpc) is 3.22. The van der Waals surface area contributed by atoms with Crippen LogP contribution in [0.2, 0.25) is 10.0 Å². The van der Waals surface area contributed by atoms with E-state index in [1.54, 1.807) is 6.07 Å². The lowest BCUT2D eigenvalue weighted by atomic mass is 9.79. The van der Waals surface area contributed by atoms with Crippen LogP contribution in [0.4, 0.5) is 10.1 Å². The molecule has 3 N–H and O–H groups in total. The van der Waals surface area contributed by atoms with Gasteiger partial charge in [0, 0.05) is 35.1 Å². The van der Waals surface area contributed by atoms with Crippen LogP contribution in [0.3, 0.4) is 0 Å². The van der Waals surface area contributed by atoms with Gasteiger partial charge in [0.2, 0.25) is 12.3 Å². The molecule has 2 fully saturated rings. The summed E-state index contributed by atoms with van der Waals surface area (Å²) >= 11 is 12.2. The largest absolute Gasteiger partial charge is 0.352 e. The van der Waals surface area contributed by atoms with E-state index in [1.807, 2.05) is 18.2 Å². The zero-order valence-electron chi connectivity index (χ0n) is 17.5. The molecule has 8 heteroatoms. The number of hydrogen-bond donors (Lipinski definition) is 3. The van der Waals surface area contributed by atoms with Crippen molar-refractivity contribution >= 4 is 41.2 Å². The van der Waals surface area contributed by atoms with Crippen molar-refractivity contribution in [3.8, 4) is 0 Å². The second kappa shape index (κ2) is 10.2. The second-order valence-corrected chi connectivity index (χ2v) is 9.38. The molecule has 1 aliphatic carbocycles. The molecule has 2 aliphatic rings. The molecule has 32 heavy (non-hydrogen) atoms. The highest BCUT2D eigenvalue weighted by atomic mass is 35.5. The van der Waals surface area contributed by atoms with Gasteiger partial charge in [-0.2, -0.15) is 0 Å². The molecule has 5 nitrogen and oxygen atoms in total. The molecular weight excluding hydrogens is 452 g/mol. The van der Waals surface area contributed by atoms with Crippen molar-refractivity contribution in [1.82, 2.24) is 10.6 Å². The highest BCUT2D eigenvalue weighted by molar-refractivity contribution is 6.31. The number of anilines is 1. The number of benzene rings is 2. The Kier molecular flexibility index (Phi) is 7.33. The third kappa shape index (κ3) is 4.92. The Bertz CT molecular complexity index is 997. The molecule has 1 aliphatic heterocycles. The first kappa shape index (κ1) is 23.0. The van der Waals surface area contributed by atoms with Crippen LogP contribution in [0.25, 0.3) is 0 Å². The van der Waals surface area contributed by atoms with E-state index in [9.17, 15) is 14.0 Å². The summed E-state index contributed by atoms with van der Waals surface area (Å²) in [6.45, 7) is 0.439. The summed E-state index contributed by atoms with van der Waals surface area (Å²) in [7, 11) is 0. The van der Waals surface area contributed by atoms with E-state index in [2.05, 4.69) is 16.0 Å². The second-order valence-electron chi connectivity index (χ2n) is 8.53. The quantitative estimate of drug-likeness (QED) is 0.513. The van der Waals surface area contributed by atoms with Crippen molar-refractivity contribution in [2.24, 2.45) is 0 Å². The van der Waals surface area contributed by atoms with Crippen molar-refractivity contribution in [2.45, 2.75) is 56.0 Å². The van der Waals surface area contributed by atoms with Crippen LogP contribution < -0.4 is 16.0 Å². The molecule has 0 bridgehead atoms. The molecule has 1 heterocycles. The standard InChI is InChI=1S/C24H26Cl2FN3O2/c25-15-6-4-5-14(9-15)22-18(17-10-20(27)19(26)11-21(17)29-13-31)12-28-23(22)24(32)30-16-7-2-1-3-8-16/h4-6,9-11,13,16,18,22-23,28H,1-3,7-8,12H2,(H,29,31)(H,30,32)/t18?,22?,23-/m1/s1. The van der Waals surface area contributed by atoms with Crippen LogP contribution in [0, 0.1) is 5.82 Å². The summed E-state index contributed by atoms with van der Waals surface area (Å²) in [4.78, 5) is 24.5. The number of halogens is 3. The smallest absolute Gasteiger partial charge is 0.238 e. The SMILES string of the molecule is O=CNc1cc(Cl)c(F)cc1C1CN[C@@H](C(=O)NC2CCCCC2)C1c1cccc(Cl)c1. The van der Waals surface area contributed by atoms with Crippen LogP contribution in [0.1, 0.15) is 55.1 Å². The molecule has 0 spiro atoms. The molecule has 0 radical (unpaired) electrons. The molecule has 170 valence electrons. The first-order valence-corrected chi connectivity index (χ1v) is 11.7. The van der Waals surface area contributed by atoms with Gasteiger partial charge in [-0.05, 0) is 48.2 Å². The van der Waals surface area contributed by atoms with E-state index < -0.39 is 11.9 Å². The van der Waals surface area contributed by atoms with E-state index in [0.29, 0.717) is 29.2 Å². The Morgan fingerprint density at radius 2 is 1.91 bits per heavy atom. The van der Waals surface area contributed by atoms with Gasteiger partial charge >= 0.3 is 0 Å². The molecule has 4 rings (SSSR count). The van der Waals surface area contributed by atoms with Gasteiger partial charge in [0.1, 0.15) is 5.82 Å². The summed E-state index contributed by atoms with van der Waals surface area (Å²) in [5.74, 6) is -1.21. The lowest BCUT2D eigenvalue weighted by Crippen LogP contribution is -2.47. The topological polar surface area (TPSA) is 70.2 Å². The van der Waals surface area contributed by atoms with E-state index in [4.69, 9.17) is 23.2 Å². The fourth-order valence-electron chi connectivity index (χ4n) is 5.03. The van der Waals surface area contributed by atoms with E-state index in [-0.39, 0.29) is 28.8 Å². The molecule has 2 aromatic rings. The van der Waals surface area contributed by atoms with Crippen LogP contribution in [0.15, 0.2) is 36.4 Å². The lowest BCUT2D eigenvalue weighted by Gasteiger charge is -2.29. The normalized spacial score (nSPS) is 23.7. The number of rotatable bonds is 6. The molecule has 1 saturated carbocycles.